The molecule has 5 heteroatoms. The number of halogens is 1. The number of rotatable bonds is 5. The van der Waals surface area contributed by atoms with E-state index in [-0.39, 0.29) is 11.7 Å². The molecule has 1 aliphatic carbocycles. The fourth-order valence-electron chi connectivity index (χ4n) is 2.68. The molecule has 114 valence electrons. The molecule has 1 aromatic carbocycles. The minimum absolute atomic E-state index is 0.0443. The average Bonchev–Trinajstić information content (AvgIpc) is 3.17. The van der Waals surface area contributed by atoms with E-state index in [4.69, 9.17) is 0 Å². The number of H-pyrrole nitrogens is 1. The maximum atomic E-state index is 13.0. The van der Waals surface area contributed by atoms with E-state index in [1.54, 1.807) is 18.3 Å². The van der Waals surface area contributed by atoms with E-state index in [1.165, 1.54) is 12.1 Å². The van der Waals surface area contributed by atoms with Crippen molar-refractivity contribution >= 4 is 5.91 Å². The van der Waals surface area contributed by atoms with Crippen LogP contribution < -0.4 is 5.32 Å². The molecule has 0 bridgehead atoms. The van der Waals surface area contributed by atoms with Crippen LogP contribution in [0.15, 0.2) is 42.6 Å². The van der Waals surface area contributed by atoms with Gasteiger partial charge in [0.05, 0.1) is 11.9 Å². The molecule has 1 aromatic heterocycles. The summed E-state index contributed by atoms with van der Waals surface area (Å²) >= 11 is 0. The van der Waals surface area contributed by atoms with Crippen LogP contribution in [0, 0.1) is 11.7 Å². The van der Waals surface area contributed by atoms with Crippen molar-refractivity contribution in [2.24, 2.45) is 5.92 Å². The highest BCUT2D eigenvalue weighted by Gasteiger charge is 2.15. The second-order valence-electron chi connectivity index (χ2n) is 5.52. The molecular weight excluding hydrogens is 281 g/mol. The number of benzene rings is 1. The van der Waals surface area contributed by atoms with Gasteiger partial charge in [0.25, 0.3) is 0 Å². The normalized spacial score (nSPS) is 16.9. The topological polar surface area (TPSA) is 57.8 Å². The number of hydrogen-bond donors (Lipinski definition) is 2. The zero-order chi connectivity index (χ0) is 15.4. The van der Waals surface area contributed by atoms with Crippen molar-refractivity contribution < 1.29 is 9.18 Å². The van der Waals surface area contributed by atoms with Crippen molar-refractivity contribution in [2.75, 3.05) is 0 Å². The fourth-order valence-corrected chi connectivity index (χ4v) is 2.68. The van der Waals surface area contributed by atoms with Gasteiger partial charge in [-0.15, -0.1) is 0 Å². The Bertz CT molecular complexity index is 675. The summed E-state index contributed by atoms with van der Waals surface area (Å²) in [5.74, 6) is 0.131. The number of nitrogens with one attached hydrogen (secondary N) is 2. The molecule has 0 saturated carbocycles. The van der Waals surface area contributed by atoms with Gasteiger partial charge >= 0.3 is 0 Å². The van der Waals surface area contributed by atoms with Gasteiger partial charge in [0.2, 0.25) is 5.91 Å². The molecule has 0 radical (unpaired) electrons. The van der Waals surface area contributed by atoms with Gasteiger partial charge in [0.1, 0.15) is 5.82 Å². The molecule has 2 N–H and O–H groups in total. The third-order valence-corrected chi connectivity index (χ3v) is 3.89. The summed E-state index contributed by atoms with van der Waals surface area (Å²) in [5.41, 5.74) is 2.55. The van der Waals surface area contributed by atoms with E-state index in [2.05, 4.69) is 27.7 Å². The first-order chi connectivity index (χ1) is 10.7. The molecule has 1 amide bonds. The Kier molecular flexibility index (Phi) is 4.32. The second kappa shape index (κ2) is 6.56. The van der Waals surface area contributed by atoms with Crippen LogP contribution in [0.2, 0.25) is 0 Å². The third kappa shape index (κ3) is 3.42. The number of hydrogen-bond acceptors (Lipinski definition) is 2. The SMILES string of the molecule is O=C(CC1C=CCC1)NCc1cn[nH]c1-c1ccc(F)cc1. The van der Waals surface area contributed by atoms with E-state index >= 15 is 0 Å². The Labute approximate surface area is 128 Å². The maximum absolute atomic E-state index is 13.0. The van der Waals surface area contributed by atoms with E-state index in [0.717, 1.165) is 29.7 Å². The smallest absolute Gasteiger partial charge is 0.220 e. The van der Waals surface area contributed by atoms with Gasteiger partial charge in [-0.1, -0.05) is 12.2 Å². The van der Waals surface area contributed by atoms with E-state index in [1.807, 2.05) is 0 Å². The number of carbonyl (C=O) groups excluding carboxylic acids is 1. The molecule has 1 unspecified atom stereocenters. The third-order valence-electron chi connectivity index (χ3n) is 3.89. The van der Waals surface area contributed by atoms with Crippen molar-refractivity contribution in [2.45, 2.75) is 25.8 Å². The van der Waals surface area contributed by atoms with Crippen molar-refractivity contribution in [3.8, 4) is 11.3 Å². The van der Waals surface area contributed by atoms with Gasteiger partial charge in [0, 0.05) is 24.1 Å². The lowest BCUT2D eigenvalue weighted by Gasteiger charge is -2.09. The summed E-state index contributed by atoms with van der Waals surface area (Å²) in [6.07, 6.45) is 8.57. The largest absolute Gasteiger partial charge is 0.352 e. The van der Waals surface area contributed by atoms with E-state index < -0.39 is 0 Å². The summed E-state index contributed by atoms with van der Waals surface area (Å²) < 4.78 is 13.0. The second-order valence-corrected chi connectivity index (χ2v) is 5.52. The van der Waals surface area contributed by atoms with Crippen LogP contribution in [-0.4, -0.2) is 16.1 Å². The number of allylic oxidation sites excluding steroid dienone is 2. The predicted octanol–water partition coefficient (Wildman–Crippen LogP) is 3.19. The Morgan fingerprint density at radius 3 is 2.91 bits per heavy atom. The first-order valence-corrected chi connectivity index (χ1v) is 7.44. The summed E-state index contributed by atoms with van der Waals surface area (Å²) in [4.78, 5) is 12.0. The highest BCUT2D eigenvalue weighted by molar-refractivity contribution is 5.76. The Morgan fingerprint density at radius 1 is 1.36 bits per heavy atom. The quantitative estimate of drug-likeness (QED) is 0.833. The van der Waals surface area contributed by atoms with Gasteiger partial charge in [-0.3, -0.25) is 9.89 Å². The molecule has 0 fully saturated rings. The van der Waals surface area contributed by atoms with E-state index in [9.17, 15) is 9.18 Å². The van der Waals surface area contributed by atoms with Crippen LogP contribution in [0.3, 0.4) is 0 Å². The lowest BCUT2D eigenvalue weighted by atomic mass is 10.0. The summed E-state index contributed by atoms with van der Waals surface area (Å²) in [6.45, 7) is 0.415. The zero-order valence-electron chi connectivity index (χ0n) is 12.2. The number of aromatic amines is 1. The molecule has 22 heavy (non-hydrogen) atoms. The molecule has 0 aliphatic heterocycles. The molecule has 3 rings (SSSR count). The lowest BCUT2D eigenvalue weighted by Crippen LogP contribution is -2.24. The number of nitrogens with zero attached hydrogens (tertiary/aromatic N) is 1. The molecule has 0 saturated heterocycles. The van der Waals surface area contributed by atoms with Crippen LogP contribution >= 0.6 is 0 Å². The van der Waals surface area contributed by atoms with Gasteiger partial charge in [-0.2, -0.15) is 5.10 Å². The Morgan fingerprint density at radius 2 is 2.18 bits per heavy atom. The summed E-state index contributed by atoms with van der Waals surface area (Å²) in [6, 6.07) is 6.20. The first-order valence-electron chi connectivity index (χ1n) is 7.44. The standard InChI is InChI=1S/C17H18FN3O/c18-15-7-5-13(6-8-15)17-14(11-20-21-17)10-19-16(22)9-12-3-1-2-4-12/h1,3,5-8,11-12H,2,4,9-10H2,(H,19,22)(H,20,21). The van der Waals surface area contributed by atoms with Crippen molar-refractivity contribution in [3.05, 3.63) is 54.0 Å². The average molecular weight is 299 g/mol. The van der Waals surface area contributed by atoms with Crippen molar-refractivity contribution in [1.82, 2.24) is 15.5 Å². The molecule has 2 aromatic rings. The van der Waals surface area contributed by atoms with Crippen LogP contribution in [0.25, 0.3) is 11.3 Å². The highest BCUT2D eigenvalue weighted by Crippen LogP contribution is 2.22. The van der Waals surface area contributed by atoms with Gasteiger partial charge < -0.3 is 5.32 Å². The maximum Gasteiger partial charge on any atom is 0.220 e. The molecule has 1 aliphatic rings. The van der Waals surface area contributed by atoms with Gasteiger partial charge in [0.15, 0.2) is 0 Å². The fraction of sp³-hybridized carbons (Fsp3) is 0.294. The summed E-state index contributed by atoms with van der Waals surface area (Å²) in [7, 11) is 0. The summed E-state index contributed by atoms with van der Waals surface area (Å²) in [5, 5.41) is 9.85. The number of carbonyl (C=O) groups is 1. The van der Waals surface area contributed by atoms with Crippen molar-refractivity contribution in [3.63, 3.8) is 0 Å². The number of aromatic nitrogens is 2. The first kappa shape index (κ1) is 14.5. The predicted molar refractivity (Wildman–Crippen MR) is 82.3 cm³/mol. The molecule has 4 nitrogen and oxygen atoms in total. The van der Waals surface area contributed by atoms with Crippen LogP contribution in [-0.2, 0) is 11.3 Å². The Balaban J connectivity index is 1.61. The molecular formula is C17H18FN3O. The minimum Gasteiger partial charge on any atom is -0.352 e. The molecule has 1 atom stereocenters. The number of amides is 1. The van der Waals surface area contributed by atoms with Crippen LogP contribution in [0.4, 0.5) is 4.39 Å². The van der Waals surface area contributed by atoms with Crippen molar-refractivity contribution in [1.29, 1.82) is 0 Å². The minimum atomic E-state index is -0.275. The monoisotopic (exact) mass is 299 g/mol. The Hall–Kier alpha value is -2.43. The highest BCUT2D eigenvalue weighted by atomic mass is 19.1. The zero-order valence-corrected chi connectivity index (χ0v) is 12.2. The van der Waals surface area contributed by atoms with E-state index in [0.29, 0.717) is 18.9 Å². The van der Waals surface area contributed by atoms with Gasteiger partial charge in [-0.05, 0) is 43.0 Å². The molecule has 0 spiro atoms. The van der Waals surface area contributed by atoms with Crippen LogP contribution in [0.5, 0.6) is 0 Å². The van der Waals surface area contributed by atoms with Crippen LogP contribution in [0.1, 0.15) is 24.8 Å². The lowest BCUT2D eigenvalue weighted by molar-refractivity contribution is -0.121. The van der Waals surface area contributed by atoms with Gasteiger partial charge in [-0.25, -0.2) is 4.39 Å². The molecule has 1 heterocycles.